The Kier molecular flexibility index (Phi) is 8.70. The summed E-state index contributed by atoms with van der Waals surface area (Å²) in [5, 5.41) is 11.3. The van der Waals surface area contributed by atoms with E-state index in [1.54, 1.807) is 12.1 Å². The third-order valence-corrected chi connectivity index (χ3v) is 6.38. The maximum atomic E-state index is 14.3. The van der Waals surface area contributed by atoms with Crippen LogP contribution in [0.5, 0.6) is 5.75 Å². The zero-order valence-electron chi connectivity index (χ0n) is 21.1. The highest BCUT2D eigenvalue weighted by Gasteiger charge is 2.40. The first-order valence-electron chi connectivity index (χ1n) is 11.9. The molecule has 9 heteroatoms. The van der Waals surface area contributed by atoms with Crippen molar-refractivity contribution in [2.24, 2.45) is 0 Å². The van der Waals surface area contributed by atoms with Crippen molar-refractivity contribution in [1.29, 1.82) is 0 Å². The zero-order chi connectivity index (χ0) is 25.3. The van der Waals surface area contributed by atoms with Crippen LogP contribution in [0.15, 0.2) is 54.7 Å². The topological polar surface area (TPSA) is 68.2 Å². The van der Waals surface area contributed by atoms with Crippen LogP contribution in [0.1, 0.15) is 64.3 Å². The molecule has 1 aliphatic rings. The summed E-state index contributed by atoms with van der Waals surface area (Å²) in [5.41, 5.74) is 2.01. The highest BCUT2D eigenvalue weighted by atomic mass is 35.5. The smallest absolute Gasteiger partial charge is 0.241 e. The molecule has 36 heavy (non-hydrogen) atoms. The van der Waals surface area contributed by atoms with E-state index in [1.165, 1.54) is 6.07 Å². The number of nitrogens with zero attached hydrogens (tertiary/aromatic N) is 2. The van der Waals surface area contributed by atoms with E-state index in [2.05, 4.69) is 31.4 Å². The molecule has 0 spiro atoms. The van der Waals surface area contributed by atoms with Crippen LogP contribution in [0.2, 0.25) is 5.02 Å². The number of anilines is 1. The molecule has 2 N–H and O–H groups in total. The van der Waals surface area contributed by atoms with Crippen LogP contribution in [0.25, 0.3) is 0 Å². The minimum Gasteiger partial charge on any atom is -0.489 e. The second-order valence-electron chi connectivity index (χ2n) is 10.2. The Hall–Kier alpha value is -2.61. The molecule has 3 aromatic rings. The number of nitrogens with one attached hydrogen (secondary N) is 2. The number of aromatic nitrogens is 2. The van der Waals surface area contributed by atoms with Gasteiger partial charge in [-0.1, -0.05) is 29.8 Å². The highest BCUT2D eigenvalue weighted by Crippen LogP contribution is 2.41. The van der Waals surface area contributed by atoms with Gasteiger partial charge in [-0.25, -0.2) is 4.39 Å². The lowest BCUT2D eigenvalue weighted by molar-refractivity contribution is -0.117. The summed E-state index contributed by atoms with van der Waals surface area (Å²) >= 11 is 5.93. The van der Waals surface area contributed by atoms with E-state index in [9.17, 15) is 9.18 Å². The molecule has 2 heterocycles. The molecule has 1 aromatic heterocycles. The number of hydrogen-bond donors (Lipinski definition) is 2. The molecule has 0 aliphatic carbocycles. The van der Waals surface area contributed by atoms with Gasteiger partial charge in [0.25, 0.3) is 0 Å². The number of rotatable bonds is 6. The molecule has 0 saturated carbocycles. The molecule has 1 unspecified atom stereocenters. The molecular weight excluding hydrogens is 502 g/mol. The van der Waals surface area contributed by atoms with Crippen LogP contribution in [0.4, 0.5) is 10.1 Å². The van der Waals surface area contributed by atoms with E-state index in [-0.39, 0.29) is 46.9 Å². The van der Waals surface area contributed by atoms with Gasteiger partial charge in [0.2, 0.25) is 5.91 Å². The van der Waals surface area contributed by atoms with Gasteiger partial charge in [0, 0.05) is 18.2 Å². The molecule has 2 aromatic carbocycles. The van der Waals surface area contributed by atoms with Gasteiger partial charge in [0.05, 0.1) is 34.1 Å². The largest absolute Gasteiger partial charge is 0.489 e. The minimum absolute atomic E-state index is 0. The van der Waals surface area contributed by atoms with Gasteiger partial charge in [0.15, 0.2) is 0 Å². The fraction of sp³-hybridized carbons (Fsp3) is 0.407. The molecule has 3 atom stereocenters. The van der Waals surface area contributed by atoms with Crippen LogP contribution in [0, 0.1) is 5.82 Å². The van der Waals surface area contributed by atoms with Crippen LogP contribution >= 0.6 is 24.0 Å². The van der Waals surface area contributed by atoms with E-state index in [1.807, 2.05) is 55.1 Å². The Morgan fingerprint density at radius 2 is 1.94 bits per heavy atom. The average molecular weight is 535 g/mol. The molecule has 6 nitrogen and oxygen atoms in total. The summed E-state index contributed by atoms with van der Waals surface area (Å²) in [7, 11) is 0. The van der Waals surface area contributed by atoms with E-state index in [0.29, 0.717) is 17.9 Å². The van der Waals surface area contributed by atoms with Crippen molar-refractivity contribution in [2.75, 3.05) is 5.32 Å². The SMILES string of the molecule is CC(C)Oc1ccccc1NC(=O)[C@@H]1CC(c2ccn(C(C)(C)C)n2)[C@H](c2ccc(Cl)c(F)c2)N1.Cl. The summed E-state index contributed by atoms with van der Waals surface area (Å²) in [6.07, 6.45) is 2.43. The number of para-hydroxylation sites is 2. The molecule has 1 fully saturated rings. The van der Waals surface area contributed by atoms with E-state index >= 15 is 0 Å². The van der Waals surface area contributed by atoms with Gasteiger partial charge in [-0.15, -0.1) is 12.4 Å². The third-order valence-electron chi connectivity index (χ3n) is 6.08. The van der Waals surface area contributed by atoms with Crippen molar-refractivity contribution in [3.05, 3.63) is 76.8 Å². The normalized spacial score (nSPS) is 19.7. The maximum Gasteiger partial charge on any atom is 0.241 e. The van der Waals surface area contributed by atoms with Crippen LogP contribution < -0.4 is 15.4 Å². The number of halogens is 3. The molecule has 1 amide bonds. The lowest BCUT2D eigenvalue weighted by Crippen LogP contribution is -2.36. The van der Waals surface area contributed by atoms with E-state index in [4.69, 9.17) is 21.4 Å². The lowest BCUT2D eigenvalue weighted by atomic mass is 9.90. The number of ether oxygens (including phenoxy) is 1. The molecule has 1 aliphatic heterocycles. The molecule has 1 saturated heterocycles. The van der Waals surface area contributed by atoms with Gasteiger partial charge < -0.3 is 10.1 Å². The second kappa shape index (κ2) is 11.2. The molecular formula is C27H33Cl2FN4O2. The summed E-state index contributed by atoms with van der Waals surface area (Å²) < 4.78 is 22.1. The van der Waals surface area contributed by atoms with Gasteiger partial charge in [-0.2, -0.15) is 5.10 Å². The Labute approximate surface area is 223 Å². The van der Waals surface area contributed by atoms with Crippen molar-refractivity contribution < 1.29 is 13.9 Å². The number of carbonyl (C=O) groups excluding carboxylic acids is 1. The Bertz CT molecular complexity index is 1210. The molecule has 194 valence electrons. The van der Waals surface area contributed by atoms with Crippen molar-refractivity contribution in [2.45, 2.75) is 70.7 Å². The maximum absolute atomic E-state index is 14.3. The van der Waals surface area contributed by atoms with Crippen molar-refractivity contribution >= 4 is 35.6 Å². The van der Waals surface area contributed by atoms with E-state index in [0.717, 1.165) is 11.3 Å². The van der Waals surface area contributed by atoms with E-state index < -0.39 is 11.9 Å². The predicted octanol–water partition coefficient (Wildman–Crippen LogP) is 6.47. The highest BCUT2D eigenvalue weighted by molar-refractivity contribution is 6.30. The summed E-state index contributed by atoms with van der Waals surface area (Å²) in [6, 6.07) is 13.3. The van der Waals surface area contributed by atoms with Gasteiger partial charge in [-0.3, -0.25) is 14.8 Å². The monoisotopic (exact) mass is 534 g/mol. The Morgan fingerprint density at radius 3 is 2.58 bits per heavy atom. The second-order valence-corrected chi connectivity index (χ2v) is 10.6. The first-order chi connectivity index (χ1) is 16.5. The fourth-order valence-corrected chi connectivity index (χ4v) is 4.47. The fourth-order valence-electron chi connectivity index (χ4n) is 4.36. The number of carbonyl (C=O) groups is 1. The standard InChI is InChI=1S/C27H32ClFN4O2.ClH/c1-16(2)35-24-9-7-6-8-22(24)31-26(34)23-15-18(21-12-13-33(32-21)27(3,4)5)25(30-23)17-10-11-19(28)20(29)14-17;/h6-14,16,18,23,25,30H,15H2,1-5H3,(H,31,34);1H/t18?,23-,25-;/m0./s1. The number of amides is 1. The third kappa shape index (κ3) is 6.20. The van der Waals surface area contributed by atoms with Crippen molar-refractivity contribution in [3.8, 4) is 5.75 Å². The number of benzene rings is 2. The van der Waals surface area contributed by atoms with Gasteiger partial charge in [-0.05, 0) is 76.9 Å². The van der Waals surface area contributed by atoms with Crippen molar-refractivity contribution in [1.82, 2.24) is 15.1 Å². The van der Waals surface area contributed by atoms with Crippen LogP contribution in [-0.4, -0.2) is 27.8 Å². The summed E-state index contributed by atoms with van der Waals surface area (Å²) in [6.45, 7) is 10.1. The summed E-state index contributed by atoms with van der Waals surface area (Å²) in [4.78, 5) is 13.3. The lowest BCUT2D eigenvalue weighted by Gasteiger charge is -2.21. The van der Waals surface area contributed by atoms with Crippen molar-refractivity contribution in [3.63, 3.8) is 0 Å². The van der Waals surface area contributed by atoms with Crippen LogP contribution in [0.3, 0.4) is 0 Å². The molecule has 0 radical (unpaired) electrons. The molecule has 4 rings (SSSR count). The first-order valence-corrected chi connectivity index (χ1v) is 12.2. The van der Waals surface area contributed by atoms with Gasteiger partial charge >= 0.3 is 0 Å². The minimum atomic E-state index is -0.504. The quantitative estimate of drug-likeness (QED) is 0.380. The zero-order valence-corrected chi connectivity index (χ0v) is 22.7. The Balaban J connectivity index is 0.00000361. The predicted molar refractivity (Wildman–Crippen MR) is 144 cm³/mol. The molecule has 0 bridgehead atoms. The number of hydrogen-bond acceptors (Lipinski definition) is 4. The summed E-state index contributed by atoms with van der Waals surface area (Å²) in [5.74, 6) is -0.178. The average Bonchev–Trinajstić information content (AvgIpc) is 3.44. The first kappa shape index (κ1) is 28.0. The Morgan fingerprint density at radius 1 is 1.22 bits per heavy atom. The van der Waals surface area contributed by atoms with Crippen LogP contribution in [-0.2, 0) is 10.3 Å². The van der Waals surface area contributed by atoms with Gasteiger partial charge in [0.1, 0.15) is 11.6 Å².